The van der Waals surface area contributed by atoms with Crippen molar-refractivity contribution in [3.05, 3.63) is 11.6 Å². The van der Waals surface area contributed by atoms with E-state index in [-0.39, 0.29) is 12.1 Å². The largest absolute Gasteiger partial charge is 0.463 e. The van der Waals surface area contributed by atoms with E-state index < -0.39 is 5.60 Å². The number of carbonyl (C=O) groups is 2. The summed E-state index contributed by atoms with van der Waals surface area (Å²) >= 11 is 2.19. The Labute approximate surface area is 134 Å². The second kappa shape index (κ2) is 9.20. The van der Waals surface area contributed by atoms with Crippen molar-refractivity contribution in [3.63, 3.8) is 0 Å². The number of esters is 1. The first-order valence-electron chi connectivity index (χ1n) is 6.56. The number of ether oxygens (including phenoxy) is 2. The van der Waals surface area contributed by atoms with Gasteiger partial charge in [0.25, 0.3) is 0 Å². The van der Waals surface area contributed by atoms with Gasteiger partial charge >= 0.3 is 12.1 Å². The van der Waals surface area contributed by atoms with Crippen molar-refractivity contribution >= 4 is 34.7 Å². The zero-order chi connectivity index (χ0) is 15.8. The zero-order valence-corrected chi connectivity index (χ0v) is 15.0. The van der Waals surface area contributed by atoms with E-state index in [0.29, 0.717) is 19.6 Å². The Hall–Kier alpha value is -0.790. The van der Waals surface area contributed by atoms with E-state index in [2.05, 4.69) is 22.6 Å². The van der Waals surface area contributed by atoms with E-state index in [1.54, 1.807) is 14.0 Å². The SMILES string of the molecule is CCOC(=O)/C=C(\CI)CCN(C)C(=O)OC(C)(C)C. The highest BCUT2D eigenvalue weighted by molar-refractivity contribution is 14.1. The van der Waals surface area contributed by atoms with Crippen LogP contribution in [0.2, 0.25) is 0 Å². The second-order valence-corrected chi connectivity index (χ2v) is 6.10. The molecule has 0 bridgehead atoms. The van der Waals surface area contributed by atoms with E-state index in [1.807, 2.05) is 20.8 Å². The average molecular weight is 397 g/mol. The highest BCUT2D eigenvalue weighted by atomic mass is 127. The number of alkyl halides is 1. The van der Waals surface area contributed by atoms with Gasteiger partial charge in [0.2, 0.25) is 0 Å². The lowest BCUT2D eigenvalue weighted by Gasteiger charge is -2.24. The summed E-state index contributed by atoms with van der Waals surface area (Å²) in [6.45, 7) is 8.12. The molecule has 0 N–H and O–H groups in total. The zero-order valence-electron chi connectivity index (χ0n) is 12.9. The Kier molecular flexibility index (Phi) is 8.84. The summed E-state index contributed by atoms with van der Waals surface area (Å²) < 4.78 is 10.9. The molecule has 1 amide bonds. The lowest BCUT2D eigenvalue weighted by molar-refractivity contribution is -0.137. The lowest BCUT2D eigenvalue weighted by atomic mass is 10.2. The lowest BCUT2D eigenvalue weighted by Crippen LogP contribution is -2.34. The summed E-state index contributed by atoms with van der Waals surface area (Å²) in [5.74, 6) is -0.334. The summed E-state index contributed by atoms with van der Waals surface area (Å²) in [4.78, 5) is 24.7. The van der Waals surface area contributed by atoms with Crippen LogP contribution >= 0.6 is 22.6 Å². The molecule has 0 fully saturated rings. The van der Waals surface area contributed by atoms with Gasteiger partial charge in [0.15, 0.2) is 0 Å². The van der Waals surface area contributed by atoms with Gasteiger partial charge in [-0.25, -0.2) is 9.59 Å². The summed E-state index contributed by atoms with van der Waals surface area (Å²) in [7, 11) is 1.68. The predicted octanol–water partition coefficient (Wildman–Crippen LogP) is 3.17. The van der Waals surface area contributed by atoms with Gasteiger partial charge in [-0.15, -0.1) is 0 Å². The van der Waals surface area contributed by atoms with E-state index in [1.165, 1.54) is 11.0 Å². The van der Waals surface area contributed by atoms with Crippen molar-refractivity contribution in [2.24, 2.45) is 0 Å². The fourth-order valence-electron chi connectivity index (χ4n) is 1.27. The Balaban J connectivity index is 4.36. The molecule has 0 atom stereocenters. The minimum absolute atomic E-state index is 0.334. The van der Waals surface area contributed by atoms with Crippen LogP contribution in [0.1, 0.15) is 34.1 Å². The Morgan fingerprint density at radius 2 is 1.90 bits per heavy atom. The summed E-state index contributed by atoms with van der Waals surface area (Å²) in [5, 5.41) is 0. The molecule has 0 heterocycles. The summed E-state index contributed by atoms with van der Waals surface area (Å²) in [5.41, 5.74) is 0.442. The third kappa shape index (κ3) is 9.17. The smallest absolute Gasteiger partial charge is 0.410 e. The normalized spacial score (nSPS) is 12.0. The van der Waals surface area contributed by atoms with E-state index in [9.17, 15) is 9.59 Å². The molecule has 0 unspecified atom stereocenters. The van der Waals surface area contributed by atoms with Crippen LogP contribution in [0.3, 0.4) is 0 Å². The maximum absolute atomic E-state index is 11.8. The molecule has 5 nitrogen and oxygen atoms in total. The molecule has 0 saturated heterocycles. The first kappa shape index (κ1) is 19.2. The molecule has 0 aromatic rings. The van der Waals surface area contributed by atoms with E-state index in [0.717, 1.165) is 10.0 Å². The van der Waals surface area contributed by atoms with E-state index >= 15 is 0 Å². The standard InChI is InChI=1S/C14H24INO4/c1-6-19-12(17)9-11(10-15)7-8-16(5)13(18)20-14(2,3)4/h9H,6-8,10H2,1-5H3/b11-9-. The number of amides is 1. The number of halogens is 1. The molecule has 0 aliphatic heterocycles. The fraction of sp³-hybridized carbons (Fsp3) is 0.714. The van der Waals surface area contributed by atoms with Crippen LogP contribution in [0.15, 0.2) is 11.6 Å². The number of carbonyl (C=O) groups excluding carboxylic acids is 2. The van der Waals surface area contributed by atoms with Gasteiger partial charge in [0.1, 0.15) is 5.60 Å². The van der Waals surface area contributed by atoms with Gasteiger partial charge in [-0.05, 0) is 34.1 Å². The first-order valence-corrected chi connectivity index (χ1v) is 8.08. The molecule has 0 saturated carbocycles. The predicted molar refractivity (Wildman–Crippen MR) is 87.1 cm³/mol. The van der Waals surface area contributed by atoms with Gasteiger partial charge < -0.3 is 14.4 Å². The Morgan fingerprint density at radius 3 is 2.35 bits per heavy atom. The maximum Gasteiger partial charge on any atom is 0.410 e. The molecule has 0 aliphatic rings. The molecule has 0 spiro atoms. The van der Waals surface area contributed by atoms with Gasteiger partial charge in [-0.1, -0.05) is 28.2 Å². The van der Waals surface area contributed by atoms with Crippen LogP contribution in [0.5, 0.6) is 0 Å². The summed E-state index contributed by atoms with van der Waals surface area (Å²) in [6, 6.07) is 0. The molecule has 6 heteroatoms. The van der Waals surface area contributed by atoms with Crippen molar-refractivity contribution in [2.45, 2.75) is 39.7 Å². The monoisotopic (exact) mass is 397 g/mol. The highest BCUT2D eigenvalue weighted by Crippen LogP contribution is 2.11. The van der Waals surface area contributed by atoms with Gasteiger partial charge in [-0.2, -0.15) is 0 Å². The molecule has 0 aliphatic carbocycles. The molecule has 0 radical (unpaired) electrons. The minimum Gasteiger partial charge on any atom is -0.463 e. The number of hydrogen-bond acceptors (Lipinski definition) is 4. The number of hydrogen-bond donors (Lipinski definition) is 0. The van der Waals surface area contributed by atoms with Crippen molar-refractivity contribution < 1.29 is 19.1 Å². The van der Waals surface area contributed by atoms with Gasteiger partial charge in [-0.3, -0.25) is 0 Å². The van der Waals surface area contributed by atoms with E-state index in [4.69, 9.17) is 9.47 Å². The number of rotatable bonds is 6. The minimum atomic E-state index is -0.502. The van der Waals surface area contributed by atoms with Crippen LogP contribution < -0.4 is 0 Å². The number of nitrogens with zero attached hydrogens (tertiary/aromatic N) is 1. The van der Waals surface area contributed by atoms with Crippen molar-refractivity contribution in [1.29, 1.82) is 0 Å². The third-order valence-corrected chi connectivity index (χ3v) is 3.23. The van der Waals surface area contributed by atoms with Crippen molar-refractivity contribution in [1.82, 2.24) is 4.90 Å². The molecule has 0 aromatic heterocycles. The highest BCUT2D eigenvalue weighted by Gasteiger charge is 2.19. The third-order valence-electron chi connectivity index (χ3n) is 2.25. The maximum atomic E-state index is 11.8. The van der Waals surface area contributed by atoms with Crippen LogP contribution in [-0.2, 0) is 14.3 Å². The fourth-order valence-corrected chi connectivity index (χ4v) is 1.87. The molecular weight excluding hydrogens is 373 g/mol. The quantitative estimate of drug-likeness (QED) is 0.299. The second-order valence-electron chi connectivity index (χ2n) is 5.34. The molecular formula is C14H24INO4. The molecule has 0 aromatic carbocycles. The van der Waals surface area contributed by atoms with Crippen LogP contribution in [0.25, 0.3) is 0 Å². The average Bonchev–Trinajstić information content (AvgIpc) is 2.32. The van der Waals surface area contributed by atoms with Gasteiger partial charge in [0.05, 0.1) is 6.61 Å². The van der Waals surface area contributed by atoms with Gasteiger partial charge in [0, 0.05) is 24.1 Å². The molecule has 20 heavy (non-hydrogen) atoms. The van der Waals surface area contributed by atoms with Crippen molar-refractivity contribution in [2.75, 3.05) is 24.6 Å². The van der Waals surface area contributed by atoms with Crippen LogP contribution in [-0.4, -0.2) is 47.2 Å². The summed E-state index contributed by atoms with van der Waals surface area (Å²) in [6.07, 6.45) is 1.76. The van der Waals surface area contributed by atoms with Crippen LogP contribution in [0, 0.1) is 0 Å². The van der Waals surface area contributed by atoms with Crippen molar-refractivity contribution in [3.8, 4) is 0 Å². The Morgan fingerprint density at radius 1 is 1.30 bits per heavy atom. The first-order chi connectivity index (χ1) is 9.19. The Bertz CT molecular complexity index is 361. The molecule has 0 rings (SSSR count). The van der Waals surface area contributed by atoms with Crippen LogP contribution in [0.4, 0.5) is 4.79 Å². The molecule has 116 valence electrons. The topological polar surface area (TPSA) is 55.8 Å².